The Labute approximate surface area is 186 Å². The highest BCUT2D eigenvalue weighted by Crippen LogP contribution is 2.18. The summed E-state index contributed by atoms with van der Waals surface area (Å²) >= 11 is 1.36. The molecule has 2 aliphatic rings. The van der Waals surface area contributed by atoms with E-state index in [-0.39, 0.29) is 17.7 Å². The average molecular weight is 441 g/mol. The molecule has 0 bridgehead atoms. The third-order valence-electron chi connectivity index (χ3n) is 5.62. The molecule has 0 spiro atoms. The van der Waals surface area contributed by atoms with Crippen LogP contribution < -0.4 is 10.6 Å². The summed E-state index contributed by atoms with van der Waals surface area (Å²) in [4.78, 5) is 42.5. The first-order valence-corrected chi connectivity index (χ1v) is 11.7. The minimum absolute atomic E-state index is 0.0624. The molecule has 1 aliphatic heterocycles. The summed E-state index contributed by atoms with van der Waals surface area (Å²) in [5.41, 5.74) is 1.00. The van der Waals surface area contributed by atoms with E-state index in [9.17, 15) is 14.4 Å². The maximum atomic E-state index is 13.3. The van der Waals surface area contributed by atoms with Crippen molar-refractivity contribution in [3.8, 4) is 0 Å². The van der Waals surface area contributed by atoms with E-state index in [0.717, 1.165) is 18.4 Å². The number of rotatable bonds is 8. The van der Waals surface area contributed by atoms with Gasteiger partial charge in [-0.1, -0.05) is 36.4 Å². The van der Waals surface area contributed by atoms with Crippen molar-refractivity contribution in [1.29, 1.82) is 0 Å². The Kier molecular flexibility index (Phi) is 6.99. The van der Waals surface area contributed by atoms with Crippen molar-refractivity contribution < 1.29 is 14.4 Å². The lowest BCUT2D eigenvalue weighted by Crippen LogP contribution is -2.56. The van der Waals surface area contributed by atoms with E-state index in [1.54, 1.807) is 11.0 Å². The first-order valence-electron chi connectivity index (χ1n) is 10.8. The van der Waals surface area contributed by atoms with Gasteiger partial charge in [0.1, 0.15) is 6.04 Å². The Hall–Kier alpha value is -2.71. The summed E-state index contributed by atoms with van der Waals surface area (Å²) in [6.45, 7) is 2.79. The first kappa shape index (κ1) is 21.5. The molecule has 164 valence electrons. The molecule has 1 aliphatic carbocycles. The van der Waals surface area contributed by atoms with E-state index < -0.39 is 6.04 Å². The summed E-state index contributed by atoms with van der Waals surface area (Å²) in [6.07, 6.45) is 2.60. The zero-order valence-electron chi connectivity index (χ0n) is 17.5. The van der Waals surface area contributed by atoms with Crippen molar-refractivity contribution in [2.45, 2.75) is 31.3 Å². The second-order valence-electron chi connectivity index (χ2n) is 8.14. The largest absolute Gasteiger partial charge is 0.352 e. The first-order chi connectivity index (χ1) is 15.1. The molecule has 1 unspecified atom stereocenters. The van der Waals surface area contributed by atoms with Gasteiger partial charge >= 0.3 is 0 Å². The lowest BCUT2D eigenvalue weighted by Gasteiger charge is -2.36. The van der Waals surface area contributed by atoms with E-state index in [1.807, 2.05) is 41.8 Å². The number of amides is 3. The van der Waals surface area contributed by atoms with Crippen LogP contribution in [0.2, 0.25) is 0 Å². The number of hydrogen-bond acceptors (Lipinski definition) is 5. The van der Waals surface area contributed by atoms with Crippen LogP contribution in [0.5, 0.6) is 0 Å². The van der Waals surface area contributed by atoms with Gasteiger partial charge in [0.05, 0.1) is 11.4 Å². The number of nitrogens with one attached hydrogen (secondary N) is 2. The standard InChI is InChI=1S/C23H28N4O3S/c28-21(24-18-8-9-18)16-26-10-12-27(13-11-26)23(30)19(15-17-5-2-1-3-6-17)25-22(29)20-7-4-14-31-20/h1-7,14,18-19H,8-13,15-16H2,(H,24,28)(H,25,29). The quantitative estimate of drug-likeness (QED) is 0.652. The van der Waals surface area contributed by atoms with Crippen molar-refractivity contribution in [3.63, 3.8) is 0 Å². The zero-order valence-corrected chi connectivity index (χ0v) is 18.3. The molecule has 1 saturated heterocycles. The van der Waals surface area contributed by atoms with E-state index >= 15 is 0 Å². The van der Waals surface area contributed by atoms with Gasteiger partial charge in [-0.25, -0.2) is 0 Å². The number of nitrogens with zero attached hydrogens (tertiary/aromatic N) is 2. The van der Waals surface area contributed by atoms with Crippen LogP contribution in [0.25, 0.3) is 0 Å². The minimum atomic E-state index is -0.623. The summed E-state index contributed by atoms with van der Waals surface area (Å²) in [6, 6.07) is 13.1. The van der Waals surface area contributed by atoms with Gasteiger partial charge in [-0.05, 0) is 29.9 Å². The molecule has 8 heteroatoms. The number of carbonyl (C=O) groups excluding carboxylic acids is 3. The molecule has 1 aromatic carbocycles. The second kappa shape index (κ2) is 10.1. The van der Waals surface area contributed by atoms with E-state index in [0.29, 0.717) is 50.1 Å². The third kappa shape index (κ3) is 6.15. The predicted octanol–water partition coefficient (Wildman–Crippen LogP) is 1.51. The summed E-state index contributed by atoms with van der Waals surface area (Å²) in [5, 5.41) is 7.80. The molecule has 1 aromatic heterocycles. The fourth-order valence-corrected chi connectivity index (χ4v) is 4.36. The highest BCUT2D eigenvalue weighted by molar-refractivity contribution is 7.12. The molecule has 2 N–H and O–H groups in total. The molecule has 1 saturated carbocycles. The van der Waals surface area contributed by atoms with Crippen molar-refractivity contribution in [2.24, 2.45) is 0 Å². The Morgan fingerprint density at radius 1 is 1.00 bits per heavy atom. The van der Waals surface area contributed by atoms with Crippen molar-refractivity contribution in [2.75, 3.05) is 32.7 Å². The molecule has 2 aromatic rings. The van der Waals surface area contributed by atoms with Gasteiger partial charge in [0.15, 0.2) is 0 Å². The smallest absolute Gasteiger partial charge is 0.262 e. The van der Waals surface area contributed by atoms with Crippen LogP contribution in [0.1, 0.15) is 28.1 Å². The van der Waals surface area contributed by atoms with Crippen LogP contribution >= 0.6 is 11.3 Å². The summed E-state index contributed by atoms with van der Waals surface area (Å²) in [7, 11) is 0. The van der Waals surface area contributed by atoms with Gasteiger partial charge in [0.2, 0.25) is 11.8 Å². The Bertz CT molecular complexity index is 891. The molecule has 3 amide bonds. The molecule has 7 nitrogen and oxygen atoms in total. The average Bonchev–Trinajstić information content (AvgIpc) is 3.41. The Balaban J connectivity index is 1.35. The van der Waals surface area contributed by atoms with E-state index in [4.69, 9.17) is 0 Å². The minimum Gasteiger partial charge on any atom is -0.352 e. The lowest BCUT2D eigenvalue weighted by molar-refractivity contribution is -0.135. The highest BCUT2D eigenvalue weighted by Gasteiger charge is 2.30. The summed E-state index contributed by atoms with van der Waals surface area (Å²) < 4.78 is 0. The molecular formula is C23H28N4O3S. The lowest BCUT2D eigenvalue weighted by atomic mass is 10.0. The molecule has 31 heavy (non-hydrogen) atoms. The van der Waals surface area contributed by atoms with E-state index in [1.165, 1.54) is 11.3 Å². The van der Waals surface area contributed by atoms with Crippen LogP contribution in [0, 0.1) is 0 Å². The fourth-order valence-electron chi connectivity index (χ4n) is 3.74. The van der Waals surface area contributed by atoms with Crippen molar-refractivity contribution >= 4 is 29.1 Å². The highest BCUT2D eigenvalue weighted by atomic mass is 32.1. The van der Waals surface area contributed by atoms with Gasteiger partial charge in [0, 0.05) is 38.6 Å². The second-order valence-corrected chi connectivity index (χ2v) is 9.08. The molecule has 0 radical (unpaired) electrons. The maximum Gasteiger partial charge on any atom is 0.262 e. The number of hydrogen-bond donors (Lipinski definition) is 2. The van der Waals surface area contributed by atoms with Crippen LogP contribution in [-0.4, -0.2) is 72.3 Å². The Morgan fingerprint density at radius 3 is 2.39 bits per heavy atom. The predicted molar refractivity (Wildman–Crippen MR) is 120 cm³/mol. The Morgan fingerprint density at radius 2 is 1.74 bits per heavy atom. The van der Waals surface area contributed by atoms with Crippen molar-refractivity contribution in [1.82, 2.24) is 20.4 Å². The van der Waals surface area contributed by atoms with E-state index in [2.05, 4.69) is 15.5 Å². The van der Waals surface area contributed by atoms with Crippen LogP contribution in [0.4, 0.5) is 0 Å². The van der Waals surface area contributed by atoms with Crippen LogP contribution in [0.15, 0.2) is 47.8 Å². The van der Waals surface area contributed by atoms with Gasteiger partial charge in [0.25, 0.3) is 5.91 Å². The number of benzene rings is 1. The van der Waals surface area contributed by atoms with Gasteiger partial charge in [-0.15, -0.1) is 11.3 Å². The maximum absolute atomic E-state index is 13.3. The number of piperazine rings is 1. The number of carbonyl (C=O) groups is 3. The molecule has 4 rings (SSSR count). The van der Waals surface area contributed by atoms with Gasteiger partial charge < -0.3 is 15.5 Å². The zero-order chi connectivity index (χ0) is 21.6. The molecule has 1 atom stereocenters. The number of thiophene rings is 1. The van der Waals surface area contributed by atoms with Crippen LogP contribution in [-0.2, 0) is 16.0 Å². The van der Waals surface area contributed by atoms with Gasteiger partial charge in [-0.3, -0.25) is 19.3 Å². The van der Waals surface area contributed by atoms with Crippen molar-refractivity contribution in [3.05, 3.63) is 58.3 Å². The summed E-state index contributed by atoms with van der Waals surface area (Å²) in [5.74, 6) is -0.233. The fraction of sp³-hybridized carbons (Fsp3) is 0.435. The monoisotopic (exact) mass is 440 g/mol. The molecule has 2 heterocycles. The normalized spacial score (nSPS) is 17.7. The van der Waals surface area contributed by atoms with Gasteiger partial charge in [-0.2, -0.15) is 0 Å². The molecular weight excluding hydrogens is 412 g/mol. The third-order valence-corrected chi connectivity index (χ3v) is 6.49. The topological polar surface area (TPSA) is 81.8 Å². The van der Waals surface area contributed by atoms with Crippen LogP contribution in [0.3, 0.4) is 0 Å². The molecule has 2 fully saturated rings. The SMILES string of the molecule is O=C(CN1CCN(C(=O)C(Cc2ccccc2)NC(=O)c2cccs2)CC1)NC1CC1.